The van der Waals surface area contributed by atoms with Crippen LogP contribution in [-0.4, -0.2) is 54.5 Å². The Labute approximate surface area is 95.8 Å². The van der Waals surface area contributed by atoms with Crippen molar-refractivity contribution in [2.24, 2.45) is 5.10 Å². The first-order chi connectivity index (χ1) is 7.74. The van der Waals surface area contributed by atoms with Gasteiger partial charge in [0.15, 0.2) is 0 Å². The van der Waals surface area contributed by atoms with Crippen molar-refractivity contribution in [3.05, 3.63) is 29.8 Å². The van der Waals surface area contributed by atoms with Crippen molar-refractivity contribution in [2.45, 2.75) is 0 Å². The van der Waals surface area contributed by atoms with Crippen LogP contribution < -0.4 is 0 Å². The summed E-state index contributed by atoms with van der Waals surface area (Å²) < 4.78 is 0. The molecule has 1 heterocycles. The van der Waals surface area contributed by atoms with E-state index in [1.807, 2.05) is 18.3 Å². The van der Waals surface area contributed by atoms with Crippen LogP contribution in [0.15, 0.2) is 29.4 Å². The highest BCUT2D eigenvalue weighted by Crippen LogP contribution is 2.08. The van der Waals surface area contributed by atoms with Gasteiger partial charge in [0.2, 0.25) is 0 Å². The predicted molar refractivity (Wildman–Crippen MR) is 64.8 cm³/mol. The minimum Gasteiger partial charge on any atom is -0.508 e. The Balaban J connectivity index is 1.91. The lowest BCUT2D eigenvalue weighted by molar-refractivity contribution is 0.159. The third-order valence-corrected chi connectivity index (χ3v) is 2.74. The summed E-state index contributed by atoms with van der Waals surface area (Å²) in [6, 6.07) is 7.06. The van der Waals surface area contributed by atoms with Crippen molar-refractivity contribution >= 4 is 6.21 Å². The van der Waals surface area contributed by atoms with E-state index >= 15 is 0 Å². The van der Waals surface area contributed by atoms with Crippen LogP contribution in [0.3, 0.4) is 0 Å². The first kappa shape index (κ1) is 11.0. The fourth-order valence-electron chi connectivity index (χ4n) is 1.62. The molecule has 4 heteroatoms. The van der Waals surface area contributed by atoms with Gasteiger partial charge in [0.1, 0.15) is 5.75 Å². The van der Waals surface area contributed by atoms with E-state index in [9.17, 15) is 0 Å². The van der Waals surface area contributed by atoms with Gasteiger partial charge in [-0.25, -0.2) is 0 Å². The van der Waals surface area contributed by atoms with Gasteiger partial charge in [0.25, 0.3) is 0 Å². The van der Waals surface area contributed by atoms with Crippen LogP contribution in [0, 0.1) is 0 Å². The summed E-state index contributed by atoms with van der Waals surface area (Å²) >= 11 is 0. The quantitative estimate of drug-likeness (QED) is 0.753. The average molecular weight is 219 g/mol. The molecule has 0 aromatic heterocycles. The molecule has 0 spiro atoms. The van der Waals surface area contributed by atoms with Crippen LogP contribution in [0.4, 0.5) is 0 Å². The van der Waals surface area contributed by atoms with E-state index in [2.05, 4.69) is 22.1 Å². The lowest BCUT2D eigenvalue weighted by Gasteiger charge is -2.30. The largest absolute Gasteiger partial charge is 0.508 e. The first-order valence-corrected chi connectivity index (χ1v) is 5.50. The summed E-state index contributed by atoms with van der Waals surface area (Å²) in [5, 5.41) is 15.6. The molecule has 0 radical (unpaired) electrons. The summed E-state index contributed by atoms with van der Waals surface area (Å²) in [7, 11) is 2.13. The van der Waals surface area contributed by atoms with Crippen LogP contribution in [-0.2, 0) is 0 Å². The number of rotatable bonds is 2. The van der Waals surface area contributed by atoms with E-state index in [-0.39, 0.29) is 5.75 Å². The van der Waals surface area contributed by atoms with Gasteiger partial charge in [-0.15, -0.1) is 0 Å². The summed E-state index contributed by atoms with van der Waals surface area (Å²) in [5.41, 5.74) is 1.01. The lowest BCUT2D eigenvalue weighted by Crippen LogP contribution is -2.41. The molecule has 1 saturated heterocycles. The van der Waals surface area contributed by atoms with Gasteiger partial charge in [-0.2, -0.15) is 5.10 Å². The van der Waals surface area contributed by atoms with E-state index in [0.29, 0.717) is 0 Å². The molecule has 1 N–H and O–H groups in total. The molecule has 1 aliphatic heterocycles. The number of benzene rings is 1. The molecule has 0 amide bonds. The highest BCUT2D eigenvalue weighted by molar-refractivity contribution is 5.79. The van der Waals surface area contributed by atoms with Crippen LogP contribution in [0.1, 0.15) is 5.56 Å². The third kappa shape index (κ3) is 2.97. The molecule has 1 fully saturated rings. The van der Waals surface area contributed by atoms with Crippen molar-refractivity contribution in [1.29, 1.82) is 0 Å². The van der Waals surface area contributed by atoms with Crippen molar-refractivity contribution in [2.75, 3.05) is 33.2 Å². The Morgan fingerprint density at radius 3 is 2.38 bits per heavy atom. The van der Waals surface area contributed by atoms with Crippen LogP contribution >= 0.6 is 0 Å². The van der Waals surface area contributed by atoms with Crippen molar-refractivity contribution < 1.29 is 5.11 Å². The molecule has 2 rings (SSSR count). The Kier molecular flexibility index (Phi) is 3.41. The third-order valence-electron chi connectivity index (χ3n) is 2.74. The van der Waals surface area contributed by atoms with Gasteiger partial charge in [-0.3, -0.25) is 5.01 Å². The minimum absolute atomic E-state index is 0.289. The zero-order chi connectivity index (χ0) is 11.4. The SMILES string of the molecule is CN1CCN(N=Cc2ccc(O)cc2)CC1. The van der Waals surface area contributed by atoms with Gasteiger partial charge in [-0.1, -0.05) is 0 Å². The lowest BCUT2D eigenvalue weighted by atomic mass is 10.2. The number of aromatic hydroxyl groups is 1. The fraction of sp³-hybridized carbons (Fsp3) is 0.417. The zero-order valence-electron chi connectivity index (χ0n) is 9.50. The van der Waals surface area contributed by atoms with Gasteiger partial charge in [-0.05, 0) is 36.9 Å². The summed E-state index contributed by atoms with van der Waals surface area (Å²) in [4.78, 5) is 2.30. The standard InChI is InChI=1S/C12H17N3O/c1-14-6-8-15(9-7-14)13-10-11-2-4-12(16)5-3-11/h2-5,10,16H,6-9H2,1H3. The van der Waals surface area contributed by atoms with E-state index < -0.39 is 0 Å². The number of hydrogen-bond donors (Lipinski definition) is 1. The molecule has 1 aliphatic rings. The number of nitrogens with zero attached hydrogens (tertiary/aromatic N) is 3. The highest BCUT2D eigenvalue weighted by Gasteiger charge is 2.10. The molecule has 0 saturated carbocycles. The van der Waals surface area contributed by atoms with Gasteiger partial charge >= 0.3 is 0 Å². The molecule has 4 nitrogen and oxygen atoms in total. The van der Waals surface area contributed by atoms with Crippen molar-refractivity contribution in [1.82, 2.24) is 9.91 Å². The Morgan fingerprint density at radius 1 is 1.12 bits per heavy atom. The van der Waals surface area contributed by atoms with E-state index in [1.54, 1.807) is 12.1 Å². The summed E-state index contributed by atoms with van der Waals surface area (Å²) in [6.07, 6.45) is 1.84. The first-order valence-electron chi connectivity index (χ1n) is 5.50. The highest BCUT2D eigenvalue weighted by atomic mass is 16.3. The molecular weight excluding hydrogens is 202 g/mol. The maximum absolute atomic E-state index is 9.14. The molecule has 1 aromatic rings. The number of piperazine rings is 1. The summed E-state index contributed by atoms with van der Waals surface area (Å²) in [6.45, 7) is 4.08. The van der Waals surface area contributed by atoms with E-state index in [4.69, 9.17) is 5.11 Å². The summed E-state index contributed by atoms with van der Waals surface area (Å²) in [5.74, 6) is 0.289. The second-order valence-electron chi connectivity index (χ2n) is 4.09. The number of likely N-dealkylation sites (N-methyl/N-ethyl adjacent to an activating group) is 1. The zero-order valence-corrected chi connectivity index (χ0v) is 9.50. The number of hydrogen-bond acceptors (Lipinski definition) is 4. The Morgan fingerprint density at radius 2 is 1.75 bits per heavy atom. The maximum atomic E-state index is 9.14. The van der Waals surface area contributed by atoms with Crippen molar-refractivity contribution in [3.63, 3.8) is 0 Å². The van der Waals surface area contributed by atoms with Crippen LogP contribution in [0.25, 0.3) is 0 Å². The van der Waals surface area contributed by atoms with Gasteiger partial charge in [0, 0.05) is 26.2 Å². The molecular formula is C12H17N3O. The number of phenols is 1. The van der Waals surface area contributed by atoms with E-state index in [1.165, 1.54) is 0 Å². The molecule has 1 aromatic carbocycles. The topological polar surface area (TPSA) is 39.1 Å². The van der Waals surface area contributed by atoms with Crippen LogP contribution in [0.2, 0.25) is 0 Å². The number of phenolic OH excluding ortho intramolecular Hbond substituents is 1. The molecule has 0 aliphatic carbocycles. The number of hydrazone groups is 1. The second-order valence-corrected chi connectivity index (χ2v) is 4.09. The Bertz CT molecular complexity index is 353. The minimum atomic E-state index is 0.289. The maximum Gasteiger partial charge on any atom is 0.115 e. The van der Waals surface area contributed by atoms with Gasteiger partial charge < -0.3 is 10.0 Å². The monoisotopic (exact) mass is 219 g/mol. The molecule has 0 bridgehead atoms. The molecule has 16 heavy (non-hydrogen) atoms. The smallest absolute Gasteiger partial charge is 0.115 e. The van der Waals surface area contributed by atoms with E-state index in [0.717, 1.165) is 31.7 Å². The normalized spacial score (nSPS) is 18.2. The Hall–Kier alpha value is -1.55. The fourth-order valence-corrected chi connectivity index (χ4v) is 1.62. The molecule has 0 unspecified atom stereocenters. The van der Waals surface area contributed by atoms with Gasteiger partial charge in [0.05, 0.1) is 6.21 Å². The molecule has 86 valence electrons. The predicted octanol–water partition coefficient (Wildman–Crippen LogP) is 0.974. The average Bonchev–Trinajstić information content (AvgIpc) is 2.30. The van der Waals surface area contributed by atoms with Crippen molar-refractivity contribution in [3.8, 4) is 5.75 Å². The second kappa shape index (κ2) is 4.99. The van der Waals surface area contributed by atoms with Crippen LogP contribution in [0.5, 0.6) is 5.75 Å². The molecule has 0 atom stereocenters.